The first-order valence-electron chi connectivity index (χ1n) is 5.86. The SMILES string of the molecule is COc1ccc([N+](=O)[O-])cc1Oc1cc(NN)nc(C)n1. The van der Waals surface area contributed by atoms with Crippen molar-refractivity contribution in [2.75, 3.05) is 12.5 Å². The van der Waals surface area contributed by atoms with Crippen molar-refractivity contribution in [2.45, 2.75) is 6.92 Å². The van der Waals surface area contributed by atoms with Crippen molar-refractivity contribution < 1.29 is 14.4 Å². The van der Waals surface area contributed by atoms with Gasteiger partial charge in [-0.15, -0.1) is 0 Å². The van der Waals surface area contributed by atoms with Gasteiger partial charge in [0.1, 0.15) is 11.6 Å². The Morgan fingerprint density at radius 3 is 2.67 bits per heavy atom. The highest BCUT2D eigenvalue weighted by Crippen LogP contribution is 2.34. The van der Waals surface area contributed by atoms with Crippen LogP contribution >= 0.6 is 0 Å². The molecular formula is C12H13N5O4. The minimum absolute atomic E-state index is 0.117. The lowest BCUT2D eigenvalue weighted by Gasteiger charge is -2.10. The van der Waals surface area contributed by atoms with Crippen LogP contribution in [-0.4, -0.2) is 22.0 Å². The second kappa shape index (κ2) is 6.01. The summed E-state index contributed by atoms with van der Waals surface area (Å²) in [5.74, 6) is 6.80. The standard InChI is InChI=1S/C12H13N5O4/c1-7-14-11(16-13)6-12(15-7)21-10-5-8(17(18)19)3-4-9(10)20-2/h3-6H,13H2,1-2H3,(H,14,15,16). The number of nitrogen functional groups attached to an aromatic ring is 1. The Hall–Kier alpha value is -2.94. The van der Waals surface area contributed by atoms with E-state index in [0.29, 0.717) is 17.4 Å². The molecule has 0 bridgehead atoms. The maximum Gasteiger partial charge on any atom is 0.273 e. The molecule has 0 unspecified atom stereocenters. The number of ether oxygens (including phenoxy) is 2. The molecule has 2 rings (SSSR count). The van der Waals surface area contributed by atoms with Crippen LogP contribution in [0, 0.1) is 17.0 Å². The van der Waals surface area contributed by atoms with Crippen molar-refractivity contribution in [1.29, 1.82) is 0 Å². The molecule has 1 aromatic carbocycles. The molecular weight excluding hydrogens is 278 g/mol. The van der Waals surface area contributed by atoms with E-state index in [9.17, 15) is 10.1 Å². The fourth-order valence-corrected chi connectivity index (χ4v) is 1.64. The van der Waals surface area contributed by atoms with Crippen LogP contribution in [0.5, 0.6) is 17.4 Å². The molecule has 0 amide bonds. The van der Waals surface area contributed by atoms with E-state index in [1.807, 2.05) is 0 Å². The summed E-state index contributed by atoms with van der Waals surface area (Å²) in [6.07, 6.45) is 0. The molecule has 1 aromatic heterocycles. The van der Waals surface area contributed by atoms with Gasteiger partial charge in [0.25, 0.3) is 5.69 Å². The third-order valence-electron chi connectivity index (χ3n) is 2.53. The van der Waals surface area contributed by atoms with Gasteiger partial charge < -0.3 is 14.9 Å². The van der Waals surface area contributed by atoms with Crippen LogP contribution in [0.1, 0.15) is 5.82 Å². The Balaban J connectivity index is 2.40. The summed E-state index contributed by atoms with van der Waals surface area (Å²) >= 11 is 0. The topological polar surface area (TPSA) is 125 Å². The summed E-state index contributed by atoms with van der Waals surface area (Å²) in [4.78, 5) is 18.4. The maximum atomic E-state index is 10.8. The molecule has 3 N–H and O–H groups in total. The summed E-state index contributed by atoms with van der Waals surface area (Å²) < 4.78 is 10.6. The predicted molar refractivity (Wildman–Crippen MR) is 74.3 cm³/mol. The van der Waals surface area contributed by atoms with Gasteiger partial charge in [-0.05, 0) is 13.0 Å². The summed E-state index contributed by atoms with van der Waals surface area (Å²) in [5, 5.41) is 10.8. The quantitative estimate of drug-likeness (QED) is 0.485. The predicted octanol–water partition coefficient (Wildman–Crippen LogP) is 1.78. The number of non-ortho nitro benzene ring substituents is 1. The van der Waals surface area contributed by atoms with Gasteiger partial charge in [0, 0.05) is 12.1 Å². The Morgan fingerprint density at radius 1 is 1.29 bits per heavy atom. The summed E-state index contributed by atoms with van der Waals surface area (Å²) in [6, 6.07) is 5.49. The number of rotatable bonds is 5. The number of benzene rings is 1. The van der Waals surface area contributed by atoms with Gasteiger partial charge in [0.05, 0.1) is 18.1 Å². The third-order valence-corrected chi connectivity index (χ3v) is 2.53. The molecule has 2 aromatic rings. The number of nitrogens with one attached hydrogen (secondary N) is 1. The van der Waals surface area contributed by atoms with E-state index in [1.54, 1.807) is 6.92 Å². The van der Waals surface area contributed by atoms with Crippen LogP contribution < -0.4 is 20.7 Å². The molecule has 0 fully saturated rings. The maximum absolute atomic E-state index is 10.8. The zero-order chi connectivity index (χ0) is 15.4. The molecule has 0 saturated carbocycles. The van der Waals surface area contributed by atoms with Gasteiger partial charge >= 0.3 is 0 Å². The van der Waals surface area contributed by atoms with Crippen LogP contribution in [-0.2, 0) is 0 Å². The van der Waals surface area contributed by atoms with E-state index in [0.717, 1.165) is 0 Å². The van der Waals surface area contributed by atoms with Crippen molar-refractivity contribution in [3.8, 4) is 17.4 Å². The molecule has 110 valence electrons. The number of hydrogen-bond acceptors (Lipinski definition) is 8. The van der Waals surface area contributed by atoms with E-state index in [4.69, 9.17) is 15.3 Å². The molecule has 0 saturated heterocycles. The molecule has 0 atom stereocenters. The van der Waals surface area contributed by atoms with Crippen molar-refractivity contribution in [3.63, 3.8) is 0 Å². The third kappa shape index (κ3) is 3.34. The van der Waals surface area contributed by atoms with Gasteiger partial charge in [0.2, 0.25) is 5.88 Å². The highest BCUT2D eigenvalue weighted by Gasteiger charge is 2.14. The first-order chi connectivity index (χ1) is 10.0. The summed E-state index contributed by atoms with van der Waals surface area (Å²) in [5.41, 5.74) is 2.26. The number of nitro groups is 1. The molecule has 9 nitrogen and oxygen atoms in total. The smallest absolute Gasteiger partial charge is 0.273 e. The Labute approximate surface area is 119 Å². The molecule has 0 aliphatic heterocycles. The van der Waals surface area contributed by atoms with Gasteiger partial charge in [-0.1, -0.05) is 0 Å². The fraction of sp³-hybridized carbons (Fsp3) is 0.167. The van der Waals surface area contributed by atoms with Gasteiger partial charge in [0.15, 0.2) is 11.5 Å². The zero-order valence-corrected chi connectivity index (χ0v) is 11.4. The van der Waals surface area contributed by atoms with Crippen LogP contribution in [0.15, 0.2) is 24.3 Å². The second-order valence-electron chi connectivity index (χ2n) is 3.98. The molecule has 1 heterocycles. The van der Waals surface area contributed by atoms with Crippen molar-refractivity contribution in [1.82, 2.24) is 9.97 Å². The van der Waals surface area contributed by atoms with Gasteiger partial charge in [-0.2, -0.15) is 4.98 Å². The average Bonchev–Trinajstić information content (AvgIpc) is 2.46. The summed E-state index contributed by atoms with van der Waals surface area (Å²) in [7, 11) is 1.44. The largest absolute Gasteiger partial charge is 0.493 e. The lowest BCUT2D eigenvalue weighted by Crippen LogP contribution is -2.10. The number of nitrogens with zero attached hydrogens (tertiary/aromatic N) is 3. The fourth-order valence-electron chi connectivity index (χ4n) is 1.64. The number of aryl methyl sites for hydroxylation is 1. The molecule has 21 heavy (non-hydrogen) atoms. The molecule has 0 aliphatic carbocycles. The first-order valence-corrected chi connectivity index (χ1v) is 5.86. The van der Waals surface area contributed by atoms with E-state index in [-0.39, 0.29) is 17.3 Å². The normalized spacial score (nSPS) is 10.0. The van der Waals surface area contributed by atoms with Crippen molar-refractivity contribution >= 4 is 11.5 Å². The number of nitro benzene ring substituents is 1. The molecule has 0 spiro atoms. The molecule has 9 heteroatoms. The van der Waals surface area contributed by atoms with E-state index < -0.39 is 4.92 Å². The van der Waals surface area contributed by atoms with Crippen LogP contribution in [0.2, 0.25) is 0 Å². The number of methoxy groups -OCH3 is 1. The van der Waals surface area contributed by atoms with E-state index in [1.165, 1.54) is 31.4 Å². The highest BCUT2D eigenvalue weighted by molar-refractivity contribution is 5.50. The number of hydrogen-bond donors (Lipinski definition) is 2. The average molecular weight is 291 g/mol. The number of aromatic nitrogens is 2. The van der Waals surface area contributed by atoms with Crippen molar-refractivity contribution in [2.24, 2.45) is 5.84 Å². The summed E-state index contributed by atoms with van der Waals surface area (Å²) in [6.45, 7) is 1.67. The number of hydrazine groups is 1. The van der Waals surface area contributed by atoms with Crippen molar-refractivity contribution in [3.05, 3.63) is 40.2 Å². The van der Waals surface area contributed by atoms with Crippen LogP contribution in [0.4, 0.5) is 11.5 Å². The number of nitrogens with two attached hydrogens (primary N) is 1. The minimum Gasteiger partial charge on any atom is -0.493 e. The Bertz CT molecular complexity index is 677. The second-order valence-corrected chi connectivity index (χ2v) is 3.98. The molecule has 0 radical (unpaired) electrons. The Morgan fingerprint density at radius 2 is 2.05 bits per heavy atom. The zero-order valence-electron chi connectivity index (χ0n) is 11.4. The monoisotopic (exact) mass is 291 g/mol. The lowest BCUT2D eigenvalue weighted by molar-refractivity contribution is -0.384. The lowest BCUT2D eigenvalue weighted by atomic mass is 10.3. The van der Waals surface area contributed by atoms with Crippen LogP contribution in [0.3, 0.4) is 0 Å². The Kier molecular flexibility index (Phi) is 4.14. The van der Waals surface area contributed by atoms with Gasteiger partial charge in [-0.25, -0.2) is 10.8 Å². The van der Waals surface area contributed by atoms with E-state index >= 15 is 0 Å². The van der Waals surface area contributed by atoms with Gasteiger partial charge in [-0.3, -0.25) is 10.1 Å². The highest BCUT2D eigenvalue weighted by atomic mass is 16.6. The first kappa shape index (κ1) is 14.5. The van der Waals surface area contributed by atoms with Crippen LogP contribution in [0.25, 0.3) is 0 Å². The number of anilines is 1. The minimum atomic E-state index is -0.523. The molecule has 0 aliphatic rings. The van der Waals surface area contributed by atoms with E-state index in [2.05, 4.69) is 15.4 Å².